The first-order valence-electron chi connectivity index (χ1n) is 6.11. The summed E-state index contributed by atoms with van der Waals surface area (Å²) in [5, 5.41) is 0. The Balaban J connectivity index is 2.77. The van der Waals surface area contributed by atoms with Gasteiger partial charge in [0.2, 0.25) is 0 Å². The Kier molecular flexibility index (Phi) is 5.97. The van der Waals surface area contributed by atoms with Crippen molar-refractivity contribution in [2.24, 2.45) is 5.84 Å². The number of rotatable bonds is 7. The first kappa shape index (κ1) is 16.9. The van der Waals surface area contributed by atoms with Gasteiger partial charge in [-0.25, -0.2) is 21.6 Å². The van der Waals surface area contributed by atoms with Gasteiger partial charge in [0.1, 0.15) is 9.84 Å². The van der Waals surface area contributed by atoms with Crippen molar-refractivity contribution < 1.29 is 21.6 Å². The van der Waals surface area contributed by atoms with E-state index in [2.05, 4.69) is 5.43 Å². The molecule has 0 aromatic heterocycles. The molecule has 0 fully saturated rings. The molecule has 0 bridgehead atoms. The molecule has 0 aliphatic heterocycles. The molecule has 8 heteroatoms. The number of benzene rings is 1. The van der Waals surface area contributed by atoms with E-state index in [0.29, 0.717) is 0 Å². The summed E-state index contributed by atoms with van der Waals surface area (Å²) in [6, 6.07) is 1.04. The van der Waals surface area contributed by atoms with E-state index in [1.165, 1.54) is 0 Å². The van der Waals surface area contributed by atoms with E-state index in [0.717, 1.165) is 12.1 Å². The molecule has 0 aliphatic rings. The van der Waals surface area contributed by atoms with Crippen LogP contribution in [0.5, 0.6) is 0 Å². The summed E-state index contributed by atoms with van der Waals surface area (Å²) in [4.78, 5) is 0. The number of sulfone groups is 1. The van der Waals surface area contributed by atoms with E-state index >= 15 is 0 Å². The monoisotopic (exact) mass is 310 g/mol. The predicted molar refractivity (Wildman–Crippen MR) is 69.9 cm³/mol. The van der Waals surface area contributed by atoms with Crippen LogP contribution in [0.2, 0.25) is 0 Å². The van der Waals surface area contributed by atoms with Crippen LogP contribution in [0.3, 0.4) is 0 Å². The number of hydrogen-bond donors (Lipinski definition) is 2. The summed E-state index contributed by atoms with van der Waals surface area (Å²) in [7, 11) is -3.11. The number of hydrogen-bond acceptors (Lipinski definition) is 4. The van der Waals surface area contributed by atoms with Gasteiger partial charge in [0.15, 0.2) is 17.5 Å². The summed E-state index contributed by atoms with van der Waals surface area (Å²) in [5.41, 5.74) is 2.48. The van der Waals surface area contributed by atoms with Gasteiger partial charge in [0.05, 0.1) is 5.75 Å². The molecule has 0 radical (unpaired) electrons. The van der Waals surface area contributed by atoms with Crippen molar-refractivity contribution in [1.82, 2.24) is 5.43 Å². The van der Waals surface area contributed by atoms with Gasteiger partial charge < -0.3 is 0 Å². The maximum Gasteiger partial charge on any atom is 0.194 e. The molecule has 114 valence electrons. The van der Waals surface area contributed by atoms with Gasteiger partial charge in [-0.05, 0) is 30.5 Å². The van der Waals surface area contributed by atoms with E-state index in [9.17, 15) is 21.6 Å². The number of halogens is 3. The van der Waals surface area contributed by atoms with Crippen molar-refractivity contribution in [2.75, 3.05) is 11.5 Å². The second-order valence-electron chi connectivity index (χ2n) is 4.40. The molecule has 1 atom stereocenters. The fraction of sp³-hybridized carbons (Fsp3) is 0.500. The molecular weight excluding hydrogens is 293 g/mol. The van der Waals surface area contributed by atoms with Crippen molar-refractivity contribution in [3.8, 4) is 0 Å². The smallest absolute Gasteiger partial charge is 0.194 e. The Labute approximate surface area is 116 Å². The van der Waals surface area contributed by atoms with Crippen molar-refractivity contribution in [1.29, 1.82) is 0 Å². The zero-order valence-corrected chi connectivity index (χ0v) is 11.8. The van der Waals surface area contributed by atoms with Crippen molar-refractivity contribution >= 4 is 9.84 Å². The number of hydrazine groups is 1. The van der Waals surface area contributed by atoms with Gasteiger partial charge in [0, 0.05) is 11.8 Å². The van der Waals surface area contributed by atoms with Crippen LogP contribution in [-0.2, 0) is 9.84 Å². The van der Waals surface area contributed by atoms with E-state index in [1.54, 1.807) is 6.92 Å². The highest BCUT2D eigenvalue weighted by Crippen LogP contribution is 2.22. The van der Waals surface area contributed by atoms with Crippen LogP contribution in [0.4, 0.5) is 13.2 Å². The average molecular weight is 310 g/mol. The minimum atomic E-state index is -3.11. The molecule has 4 nitrogen and oxygen atoms in total. The largest absolute Gasteiger partial charge is 0.271 e. The van der Waals surface area contributed by atoms with Gasteiger partial charge in [0.25, 0.3) is 0 Å². The first-order chi connectivity index (χ1) is 9.30. The Morgan fingerprint density at radius 2 is 1.80 bits per heavy atom. The summed E-state index contributed by atoms with van der Waals surface area (Å²) in [5.74, 6) is 1.14. The van der Waals surface area contributed by atoms with Crippen LogP contribution < -0.4 is 11.3 Å². The van der Waals surface area contributed by atoms with Crippen molar-refractivity contribution in [3.63, 3.8) is 0 Å². The SMILES string of the molecule is CCS(=O)(=O)CCCC(NN)c1cc(F)c(F)c(F)c1. The van der Waals surface area contributed by atoms with Crippen LogP contribution in [0.15, 0.2) is 12.1 Å². The maximum absolute atomic E-state index is 13.1. The molecule has 0 saturated heterocycles. The van der Waals surface area contributed by atoms with Crippen LogP contribution in [-0.4, -0.2) is 19.9 Å². The van der Waals surface area contributed by atoms with Gasteiger partial charge in [-0.3, -0.25) is 11.3 Å². The third-order valence-electron chi connectivity index (χ3n) is 3.00. The molecule has 20 heavy (non-hydrogen) atoms. The summed E-state index contributed by atoms with van der Waals surface area (Å²) < 4.78 is 61.8. The molecule has 1 aromatic rings. The molecule has 0 spiro atoms. The molecule has 0 aliphatic carbocycles. The zero-order valence-electron chi connectivity index (χ0n) is 11.0. The standard InChI is InChI=1S/C12H17F3N2O2S/c1-2-20(18,19)5-3-4-11(17-16)8-6-9(13)12(15)10(14)7-8/h6-7,11,17H,2-5,16H2,1H3. The quantitative estimate of drug-likeness (QED) is 0.458. The summed E-state index contributed by atoms with van der Waals surface area (Å²) >= 11 is 0. The van der Waals surface area contributed by atoms with Crippen molar-refractivity contribution in [2.45, 2.75) is 25.8 Å². The molecule has 1 aromatic carbocycles. The second-order valence-corrected chi connectivity index (χ2v) is 6.87. The summed E-state index contributed by atoms with van der Waals surface area (Å²) in [6.45, 7) is 1.54. The van der Waals surface area contributed by atoms with Gasteiger partial charge in [-0.1, -0.05) is 6.92 Å². The molecular formula is C12H17F3N2O2S. The minimum absolute atomic E-state index is 0.0339. The Hall–Kier alpha value is -1.12. The average Bonchev–Trinajstić information content (AvgIpc) is 2.40. The fourth-order valence-electron chi connectivity index (χ4n) is 1.77. The predicted octanol–water partition coefficient (Wildman–Crippen LogP) is 1.82. The highest BCUT2D eigenvalue weighted by atomic mass is 32.2. The minimum Gasteiger partial charge on any atom is -0.271 e. The molecule has 0 amide bonds. The fourth-order valence-corrected chi connectivity index (χ4v) is 2.67. The number of nitrogens with two attached hydrogens (primary N) is 1. The first-order valence-corrected chi connectivity index (χ1v) is 7.94. The lowest BCUT2D eigenvalue weighted by atomic mass is 10.0. The normalized spacial score (nSPS) is 13.4. The van der Waals surface area contributed by atoms with Crippen LogP contribution in [0.1, 0.15) is 31.4 Å². The lowest BCUT2D eigenvalue weighted by molar-refractivity contribution is 0.436. The van der Waals surface area contributed by atoms with Crippen LogP contribution in [0, 0.1) is 17.5 Å². The third-order valence-corrected chi connectivity index (χ3v) is 4.79. The van der Waals surface area contributed by atoms with Gasteiger partial charge in [-0.2, -0.15) is 0 Å². The zero-order chi connectivity index (χ0) is 15.3. The van der Waals surface area contributed by atoms with E-state index in [1.807, 2.05) is 0 Å². The molecule has 0 saturated carbocycles. The van der Waals surface area contributed by atoms with Crippen molar-refractivity contribution in [3.05, 3.63) is 35.1 Å². The Morgan fingerprint density at radius 1 is 1.25 bits per heavy atom. The molecule has 0 heterocycles. The van der Waals surface area contributed by atoms with E-state index < -0.39 is 33.3 Å². The van der Waals surface area contributed by atoms with Crippen LogP contribution in [0.25, 0.3) is 0 Å². The molecule has 1 rings (SSSR count). The Bertz CT molecular complexity index is 541. The van der Waals surface area contributed by atoms with E-state index in [-0.39, 0.29) is 29.9 Å². The number of nitrogens with one attached hydrogen (secondary N) is 1. The lowest BCUT2D eigenvalue weighted by Crippen LogP contribution is -2.28. The molecule has 1 unspecified atom stereocenters. The highest BCUT2D eigenvalue weighted by Gasteiger charge is 2.17. The maximum atomic E-state index is 13.1. The lowest BCUT2D eigenvalue weighted by Gasteiger charge is -2.16. The molecule has 3 N–H and O–H groups in total. The van der Waals surface area contributed by atoms with E-state index in [4.69, 9.17) is 5.84 Å². The highest BCUT2D eigenvalue weighted by molar-refractivity contribution is 7.91. The van der Waals surface area contributed by atoms with Gasteiger partial charge >= 0.3 is 0 Å². The summed E-state index contributed by atoms with van der Waals surface area (Å²) in [6.07, 6.45) is 0.548. The van der Waals surface area contributed by atoms with Gasteiger partial charge in [-0.15, -0.1) is 0 Å². The second kappa shape index (κ2) is 7.05. The van der Waals surface area contributed by atoms with Crippen LogP contribution >= 0.6 is 0 Å². The topological polar surface area (TPSA) is 72.2 Å². The third kappa shape index (κ3) is 4.46. The Morgan fingerprint density at radius 3 is 2.25 bits per heavy atom.